The molecule has 0 unspecified atom stereocenters. The molecule has 222 valence electrons. The van der Waals surface area contributed by atoms with Crippen LogP contribution in [0.3, 0.4) is 0 Å². The van der Waals surface area contributed by atoms with E-state index < -0.39 is 36.6 Å². The van der Waals surface area contributed by atoms with Gasteiger partial charge in [-0.2, -0.15) is 9.59 Å². The van der Waals surface area contributed by atoms with E-state index in [1.807, 2.05) is 9.58 Å². The fourth-order valence-electron chi connectivity index (χ4n) is 5.05. The number of amides is 2. The van der Waals surface area contributed by atoms with Gasteiger partial charge in [-0.1, -0.05) is 0 Å². The number of benzene rings is 2. The summed E-state index contributed by atoms with van der Waals surface area (Å²) in [6.45, 7) is 2.91. The van der Waals surface area contributed by atoms with Crippen LogP contribution in [0, 0.1) is 5.82 Å². The van der Waals surface area contributed by atoms with Gasteiger partial charge in [0, 0.05) is 32.1 Å². The van der Waals surface area contributed by atoms with Crippen molar-refractivity contribution >= 4 is 51.9 Å². The maximum Gasteiger partial charge on any atom is 0.414 e. The molecule has 2 aromatic carbocycles. The Morgan fingerprint density at radius 3 is 2.38 bits per heavy atom. The van der Waals surface area contributed by atoms with Gasteiger partial charge in [0.1, 0.15) is 11.9 Å². The molecule has 2 aliphatic heterocycles. The lowest BCUT2D eigenvalue weighted by Gasteiger charge is -2.24. The Balaban J connectivity index is 0.00000129. The Morgan fingerprint density at radius 1 is 1.05 bits per heavy atom. The van der Waals surface area contributed by atoms with E-state index in [0.717, 1.165) is 0 Å². The van der Waals surface area contributed by atoms with Gasteiger partial charge in [0.2, 0.25) is 5.91 Å². The Bertz CT molecular complexity index is 1610. The number of carbonyl (C=O) groups is 3. The predicted molar refractivity (Wildman–Crippen MR) is 142 cm³/mol. The van der Waals surface area contributed by atoms with Gasteiger partial charge in [0.05, 0.1) is 41.9 Å². The van der Waals surface area contributed by atoms with Crippen LogP contribution in [0.5, 0.6) is 0 Å². The van der Waals surface area contributed by atoms with Crippen molar-refractivity contribution in [3.05, 3.63) is 52.6 Å². The lowest BCUT2D eigenvalue weighted by atomic mass is 10.1. The zero-order valence-electron chi connectivity index (χ0n) is 22.3. The van der Waals surface area contributed by atoms with E-state index in [-0.39, 0.29) is 36.3 Å². The van der Waals surface area contributed by atoms with Crippen LogP contribution in [-0.2, 0) is 37.0 Å². The number of nitrogens with zero attached hydrogens (tertiary/aromatic N) is 4. The second-order valence-electron chi connectivity index (χ2n) is 9.59. The average molecular weight is 590 g/mol. The number of nitrogens with one attached hydrogen (secondary N) is 1. The molecule has 1 atom stereocenters. The van der Waals surface area contributed by atoms with Crippen molar-refractivity contribution < 1.29 is 41.9 Å². The number of aromatic nitrogens is 2. The van der Waals surface area contributed by atoms with Crippen molar-refractivity contribution in [2.75, 3.05) is 34.8 Å². The Hall–Kier alpha value is -4.91. The first-order valence-corrected chi connectivity index (χ1v) is 12.9. The summed E-state index contributed by atoms with van der Waals surface area (Å²) in [5.41, 5.74) is 1.60. The maximum atomic E-state index is 15.3. The third-order valence-electron chi connectivity index (χ3n) is 6.93. The number of cyclic esters (lactones) is 1. The largest absolute Gasteiger partial charge is 0.444 e. The highest BCUT2D eigenvalue weighted by Crippen LogP contribution is 2.30. The lowest BCUT2D eigenvalue weighted by molar-refractivity contribution is -0.191. The topological polar surface area (TPSA) is 140 Å². The number of fused-ring (bicyclic) bond motifs is 3. The van der Waals surface area contributed by atoms with E-state index in [2.05, 4.69) is 5.32 Å². The van der Waals surface area contributed by atoms with Crippen molar-refractivity contribution in [3.8, 4) is 0 Å². The number of hydrogen-bond acceptors (Lipinski definition) is 8. The first-order valence-electron chi connectivity index (χ1n) is 12.9. The number of ketones is 1. The molecule has 1 N–H and O–H groups in total. The number of carbonyl (C=O) groups excluding carboxylic acids is 5. The molecule has 15 heteroatoms. The second-order valence-corrected chi connectivity index (χ2v) is 9.59. The Morgan fingerprint density at radius 2 is 1.74 bits per heavy atom. The molecule has 1 aromatic heterocycles. The number of alkyl halides is 2. The molecule has 0 aliphatic carbocycles. The minimum Gasteiger partial charge on any atom is -0.444 e. The summed E-state index contributed by atoms with van der Waals surface area (Å²) in [4.78, 5) is 67.2. The highest BCUT2D eigenvalue weighted by molar-refractivity contribution is 5.92. The van der Waals surface area contributed by atoms with Gasteiger partial charge in [-0.05, 0) is 42.8 Å². The SMILES string of the molecule is CC(=O)Nc1ccc2c(c1)c(=O)n1n2CCN(c2ccc(N3C[C@H](CCC(=O)C(F)F)OC3=O)cc2F)CC1.O=C=O. The minimum absolute atomic E-state index is 0.0208. The van der Waals surface area contributed by atoms with Crippen LogP contribution in [0.25, 0.3) is 10.9 Å². The molecule has 3 heterocycles. The third-order valence-corrected chi connectivity index (χ3v) is 6.93. The Kier molecular flexibility index (Phi) is 9.11. The number of rotatable bonds is 7. The minimum atomic E-state index is -3.07. The maximum absolute atomic E-state index is 15.3. The monoisotopic (exact) mass is 589 g/mol. The molecule has 42 heavy (non-hydrogen) atoms. The fraction of sp³-hybridized carbons (Fsp3) is 0.370. The summed E-state index contributed by atoms with van der Waals surface area (Å²) in [5.74, 6) is -2.02. The Labute approximate surface area is 236 Å². The highest BCUT2D eigenvalue weighted by atomic mass is 19.3. The fourth-order valence-corrected chi connectivity index (χ4v) is 5.05. The van der Waals surface area contributed by atoms with E-state index in [9.17, 15) is 28.0 Å². The van der Waals surface area contributed by atoms with E-state index >= 15 is 4.39 Å². The molecule has 0 radical (unpaired) electrons. The van der Waals surface area contributed by atoms with Crippen LogP contribution in [0.2, 0.25) is 0 Å². The molecule has 3 aromatic rings. The number of anilines is 3. The summed E-state index contributed by atoms with van der Waals surface area (Å²) in [6.07, 6.45) is -4.75. The first kappa shape index (κ1) is 30.1. The third kappa shape index (κ3) is 6.36. The number of ether oxygens (including phenoxy) is 1. The summed E-state index contributed by atoms with van der Waals surface area (Å²) in [6, 6.07) is 9.47. The molecule has 1 saturated heterocycles. The van der Waals surface area contributed by atoms with Gasteiger partial charge < -0.3 is 15.0 Å². The molecule has 0 bridgehead atoms. The molecule has 2 aliphatic rings. The summed E-state index contributed by atoms with van der Waals surface area (Å²) in [5, 5.41) is 3.16. The van der Waals surface area contributed by atoms with Crippen LogP contribution < -0.4 is 20.7 Å². The summed E-state index contributed by atoms with van der Waals surface area (Å²) in [7, 11) is 0. The molecule has 0 spiro atoms. The molecule has 2 amide bonds. The molecular weight excluding hydrogens is 563 g/mol. The normalized spacial score (nSPS) is 16.3. The molecular formula is C27H26F3N5O7. The van der Waals surface area contributed by atoms with Gasteiger partial charge >= 0.3 is 12.2 Å². The lowest BCUT2D eigenvalue weighted by Crippen LogP contribution is -2.29. The number of halogens is 3. The van der Waals surface area contributed by atoms with E-state index in [1.165, 1.54) is 17.9 Å². The zero-order valence-corrected chi connectivity index (χ0v) is 22.3. The predicted octanol–water partition coefficient (Wildman–Crippen LogP) is 2.78. The number of Topliss-reactive ketones (excluding diaryl/α,β-unsaturated/α-hetero) is 1. The first-order chi connectivity index (χ1) is 20.0. The average Bonchev–Trinajstić information content (AvgIpc) is 3.33. The van der Waals surface area contributed by atoms with Crippen molar-refractivity contribution in [3.63, 3.8) is 0 Å². The van der Waals surface area contributed by atoms with E-state index in [4.69, 9.17) is 14.3 Å². The molecule has 0 saturated carbocycles. The van der Waals surface area contributed by atoms with Gasteiger partial charge in [0.25, 0.3) is 12.0 Å². The molecule has 12 nitrogen and oxygen atoms in total. The van der Waals surface area contributed by atoms with Crippen LogP contribution in [0.1, 0.15) is 19.8 Å². The van der Waals surface area contributed by atoms with Crippen LogP contribution in [-0.4, -0.2) is 65.5 Å². The number of hydrogen-bond donors (Lipinski definition) is 1. The zero-order chi connectivity index (χ0) is 30.6. The standard InChI is InChI=1S/C26H26F3N5O5.CO2/c1-15(35)30-16-2-5-21-19(12-16)25(37)34-11-9-31(8-10-33(21)34)22-6-3-17(13-20(22)27)32-14-18(39-26(32)38)4-7-23(36)24(28)29;2-1-3/h2-3,5-6,12-13,18,24H,4,7-11,14H2,1H3,(H,30,35);/t18-;/m0./s1. The molecule has 1 fully saturated rings. The van der Waals surface area contributed by atoms with Crippen LogP contribution >= 0.6 is 0 Å². The van der Waals surface area contributed by atoms with Gasteiger partial charge in [-0.25, -0.2) is 22.6 Å². The smallest absolute Gasteiger partial charge is 0.414 e. The van der Waals surface area contributed by atoms with Crippen molar-refractivity contribution in [2.24, 2.45) is 0 Å². The second kappa shape index (κ2) is 12.7. The van der Waals surface area contributed by atoms with E-state index in [1.54, 1.807) is 35.0 Å². The van der Waals surface area contributed by atoms with Gasteiger partial charge in [-0.3, -0.25) is 24.0 Å². The van der Waals surface area contributed by atoms with Crippen molar-refractivity contribution in [2.45, 2.75) is 45.4 Å². The molecule has 5 rings (SSSR count). The van der Waals surface area contributed by atoms with Crippen molar-refractivity contribution in [1.82, 2.24) is 9.36 Å². The van der Waals surface area contributed by atoms with Crippen LogP contribution in [0.15, 0.2) is 41.2 Å². The quantitative estimate of drug-likeness (QED) is 0.444. The highest BCUT2D eigenvalue weighted by Gasteiger charge is 2.33. The summed E-state index contributed by atoms with van der Waals surface area (Å²) < 4.78 is 48.8. The van der Waals surface area contributed by atoms with Gasteiger partial charge in [-0.15, -0.1) is 0 Å². The van der Waals surface area contributed by atoms with Gasteiger partial charge in [0.15, 0.2) is 5.78 Å². The van der Waals surface area contributed by atoms with Crippen molar-refractivity contribution in [1.29, 1.82) is 0 Å². The van der Waals surface area contributed by atoms with Crippen LogP contribution in [0.4, 0.5) is 35.0 Å². The van der Waals surface area contributed by atoms with E-state index in [0.29, 0.717) is 48.5 Å². The summed E-state index contributed by atoms with van der Waals surface area (Å²) >= 11 is 0.